The third-order valence-corrected chi connectivity index (χ3v) is 5.52. The molecule has 0 saturated carbocycles. The molecular weight excluding hydrogens is 492 g/mol. The largest absolute Gasteiger partial charge is 0.494 e. The molecular formula is C24H20BrClN4O2. The van der Waals surface area contributed by atoms with Crippen LogP contribution in [0.5, 0.6) is 5.75 Å². The number of carbonyl (C=O) groups is 1. The number of nitrogens with zero attached hydrogens (tertiary/aromatic N) is 3. The fourth-order valence-electron chi connectivity index (χ4n) is 3.13. The van der Waals surface area contributed by atoms with Crippen LogP contribution in [0.3, 0.4) is 0 Å². The summed E-state index contributed by atoms with van der Waals surface area (Å²) in [6.45, 7) is 4.41. The zero-order valence-corrected chi connectivity index (χ0v) is 19.8. The monoisotopic (exact) mass is 510 g/mol. The zero-order valence-electron chi connectivity index (χ0n) is 17.5. The van der Waals surface area contributed by atoms with Crippen LogP contribution >= 0.6 is 27.5 Å². The summed E-state index contributed by atoms with van der Waals surface area (Å²) in [4.78, 5) is 17.5. The molecule has 4 rings (SSSR count). The van der Waals surface area contributed by atoms with Crippen molar-refractivity contribution in [3.8, 4) is 22.8 Å². The van der Waals surface area contributed by atoms with Gasteiger partial charge in [0.15, 0.2) is 5.82 Å². The Kier molecular flexibility index (Phi) is 6.58. The first kappa shape index (κ1) is 22.0. The molecule has 1 heterocycles. The van der Waals surface area contributed by atoms with Gasteiger partial charge in [-0.3, -0.25) is 4.79 Å². The first-order valence-electron chi connectivity index (χ1n) is 9.98. The molecule has 0 aliphatic heterocycles. The van der Waals surface area contributed by atoms with Gasteiger partial charge in [-0.05, 0) is 67.9 Å². The van der Waals surface area contributed by atoms with E-state index in [0.29, 0.717) is 23.1 Å². The van der Waals surface area contributed by atoms with Crippen LogP contribution in [0.2, 0.25) is 5.02 Å². The van der Waals surface area contributed by atoms with E-state index in [0.717, 1.165) is 27.0 Å². The number of hydrogen-bond donors (Lipinski definition) is 1. The van der Waals surface area contributed by atoms with Gasteiger partial charge in [0.05, 0.1) is 12.3 Å². The van der Waals surface area contributed by atoms with E-state index in [2.05, 4.69) is 31.3 Å². The Morgan fingerprint density at radius 2 is 1.81 bits per heavy atom. The van der Waals surface area contributed by atoms with Crippen molar-refractivity contribution in [3.05, 3.63) is 87.6 Å². The molecule has 0 atom stereocenters. The molecule has 162 valence electrons. The molecule has 0 unspecified atom stereocenters. The van der Waals surface area contributed by atoms with Gasteiger partial charge in [-0.2, -0.15) is 0 Å². The number of aryl methyl sites for hydroxylation is 1. The topological polar surface area (TPSA) is 69.0 Å². The quantitative estimate of drug-likeness (QED) is 0.329. The number of aromatic nitrogens is 3. The van der Waals surface area contributed by atoms with Crippen molar-refractivity contribution in [1.29, 1.82) is 0 Å². The lowest BCUT2D eigenvalue weighted by Crippen LogP contribution is -2.15. The van der Waals surface area contributed by atoms with Crippen LogP contribution in [-0.2, 0) is 0 Å². The second kappa shape index (κ2) is 9.54. The summed E-state index contributed by atoms with van der Waals surface area (Å²) >= 11 is 9.53. The standard InChI is InChI=1S/C24H20BrClN4O2/c1-3-32-20-12-10-19(11-13-20)30-23(16-5-7-17(25)8-6-16)28-22(29-30)24(31)27-21-14-18(26)9-4-15(21)2/h4-14H,3H2,1-2H3,(H,27,31). The van der Waals surface area contributed by atoms with Crippen molar-refractivity contribution in [2.45, 2.75) is 13.8 Å². The van der Waals surface area contributed by atoms with Gasteiger partial charge in [-0.1, -0.05) is 45.7 Å². The van der Waals surface area contributed by atoms with Crippen molar-refractivity contribution in [2.24, 2.45) is 0 Å². The molecule has 1 amide bonds. The van der Waals surface area contributed by atoms with Crippen molar-refractivity contribution < 1.29 is 9.53 Å². The van der Waals surface area contributed by atoms with E-state index in [9.17, 15) is 4.79 Å². The van der Waals surface area contributed by atoms with Gasteiger partial charge in [-0.25, -0.2) is 9.67 Å². The molecule has 0 bridgehead atoms. The molecule has 6 nitrogen and oxygen atoms in total. The van der Waals surface area contributed by atoms with Crippen LogP contribution in [-0.4, -0.2) is 27.3 Å². The van der Waals surface area contributed by atoms with Crippen molar-refractivity contribution in [3.63, 3.8) is 0 Å². The highest BCUT2D eigenvalue weighted by molar-refractivity contribution is 9.10. The van der Waals surface area contributed by atoms with Crippen LogP contribution in [0.4, 0.5) is 5.69 Å². The Morgan fingerprint density at radius 1 is 1.09 bits per heavy atom. The van der Waals surface area contributed by atoms with Gasteiger partial charge in [0.2, 0.25) is 5.82 Å². The number of nitrogens with one attached hydrogen (secondary N) is 1. The van der Waals surface area contributed by atoms with E-state index in [4.69, 9.17) is 16.3 Å². The molecule has 0 spiro atoms. The van der Waals surface area contributed by atoms with Gasteiger partial charge in [0, 0.05) is 20.7 Å². The van der Waals surface area contributed by atoms with E-state index in [1.165, 1.54) is 0 Å². The van der Waals surface area contributed by atoms with Crippen molar-refractivity contribution in [1.82, 2.24) is 14.8 Å². The maximum absolute atomic E-state index is 13.0. The maximum Gasteiger partial charge on any atom is 0.295 e. The molecule has 0 fully saturated rings. The minimum Gasteiger partial charge on any atom is -0.494 e. The number of rotatable bonds is 6. The van der Waals surface area contributed by atoms with E-state index < -0.39 is 5.91 Å². The lowest BCUT2D eigenvalue weighted by Gasteiger charge is -2.08. The average Bonchev–Trinajstić information content (AvgIpc) is 3.23. The van der Waals surface area contributed by atoms with E-state index in [1.54, 1.807) is 16.8 Å². The molecule has 8 heteroatoms. The van der Waals surface area contributed by atoms with Gasteiger partial charge >= 0.3 is 0 Å². The molecule has 32 heavy (non-hydrogen) atoms. The van der Waals surface area contributed by atoms with Crippen LogP contribution in [0, 0.1) is 6.92 Å². The number of amides is 1. The zero-order chi connectivity index (χ0) is 22.7. The highest BCUT2D eigenvalue weighted by Gasteiger charge is 2.19. The molecule has 1 aromatic heterocycles. The fraction of sp³-hybridized carbons (Fsp3) is 0.125. The first-order valence-corrected chi connectivity index (χ1v) is 11.2. The summed E-state index contributed by atoms with van der Waals surface area (Å²) in [5, 5.41) is 7.90. The maximum atomic E-state index is 13.0. The highest BCUT2D eigenvalue weighted by Crippen LogP contribution is 2.25. The minimum absolute atomic E-state index is 0.0520. The van der Waals surface area contributed by atoms with E-state index in [1.807, 2.05) is 68.4 Å². The normalized spacial score (nSPS) is 10.8. The third-order valence-electron chi connectivity index (χ3n) is 4.75. The van der Waals surface area contributed by atoms with E-state index >= 15 is 0 Å². The summed E-state index contributed by atoms with van der Waals surface area (Å²) in [5.41, 5.74) is 3.09. The van der Waals surface area contributed by atoms with Gasteiger partial charge in [-0.15, -0.1) is 5.10 Å². The summed E-state index contributed by atoms with van der Waals surface area (Å²) in [6, 6.07) is 20.5. The number of ether oxygens (including phenoxy) is 1. The Hall–Kier alpha value is -3.16. The summed E-state index contributed by atoms with van der Waals surface area (Å²) in [6.07, 6.45) is 0. The summed E-state index contributed by atoms with van der Waals surface area (Å²) in [7, 11) is 0. The number of halogens is 2. The first-order chi connectivity index (χ1) is 15.4. The Morgan fingerprint density at radius 3 is 2.50 bits per heavy atom. The average molecular weight is 512 g/mol. The smallest absolute Gasteiger partial charge is 0.295 e. The number of carbonyl (C=O) groups excluding carboxylic acids is 1. The van der Waals surface area contributed by atoms with Crippen LogP contribution < -0.4 is 10.1 Å². The van der Waals surface area contributed by atoms with Crippen LogP contribution in [0.15, 0.2) is 71.2 Å². The molecule has 0 aliphatic rings. The summed E-state index contributed by atoms with van der Waals surface area (Å²) in [5.74, 6) is 0.945. The third kappa shape index (κ3) is 4.84. The van der Waals surface area contributed by atoms with Gasteiger partial charge in [0.25, 0.3) is 5.91 Å². The SMILES string of the molecule is CCOc1ccc(-n2nc(C(=O)Nc3cc(Cl)ccc3C)nc2-c2ccc(Br)cc2)cc1. The Bertz CT molecular complexity index is 1250. The molecule has 0 radical (unpaired) electrons. The van der Waals surface area contributed by atoms with Crippen molar-refractivity contribution in [2.75, 3.05) is 11.9 Å². The fourth-order valence-corrected chi connectivity index (χ4v) is 3.57. The van der Waals surface area contributed by atoms with Gasteiger partial charge < -0.3 is 10.1 Å². The number of anilines is 1. The van der Waals surface area contributed by atoms with E-state index in [-0.39, 0.29) is 5.82 Å². The summed E-state index contributed by atoms with van der Waals surface area (Å²) < 4.78 is 8.13. The lowest BCUT2D eigenvalue weighted by molar-refractivity contribution is 0.101. The Balaban J connectivity index is 1.74. The Labute approximate surface area is 199 Å². The molecule has 0 saturated heterocycles. The second-order valence-electron chi connectivity index (χ2n) is 7.02. The number of benzene rings is 3. The predicted octanol–water partition coefficient (Wildman–Crippen LogP) is 6.31. The molecule has 4 aromatic rings. The van der Waals surface area contributed by atoms with Crippen LogP contribution in [0.1, 0.15) is 23.1 Å². The molecule has 1 N–H and O–H groups in total. The molecule has 3 aromatic carbocycles. The highest BCUT2D eigenvalue weighted by atomic mass is 79.9. The minimum atomic E-state index is -0.418. The predicted molar refractivity (Wildman–Crippen MR) is 130 cm³/mol. The van der Waals surface area contributed by atoms with Gasteiger partial charge in [0.1, 0.15) is 5.75 Å². The molecule has 0 aliphatic carbocycles. The number of hydrogen-bond acceptors (Lipinski definition) is 4. The second-order valence-corrected chi connectivity index (χ2v) is 8.37. The van der Waals surface area contributed by atoms with Crippen LogP contribution in [0.25, 0.3) is 17.1 Å². The van der Waals surface area contributed by atoms with Crippen molar-refractivity contribution >= 4 is 39.1 Å². The lowest BCUT2D eigenvalue weighted by atomic mass is 10.2.